The molecule has 0 saturated carbocycles. The Morgan fingerprint density at radius 2 is 1.75 bits per heavy atom. The number of carbonyl (C=O) groups is 2. The molecule has 2 rings (SSSR count). The van der Waals surface area contributed by atoms with Crippen molar-refractivity contribution in [3.63, 3.8) is 0 Å². The molecule has 2 N–H and O–H groups in total. The number of nitrogens with one attached hydrogen (secondary N) is 1. The summed E-state index contributed by atoms with van der Waals surface area (Å²) in [5, 5.41) is 11.6. The van der Waals surface area contributed by atoms with E-state index in [1.807, 2.05) is 24.3 Å². The SMILES string of the molecule is CC(=O)Nc1cccc(Cc2ccc(C(=O)O)cc2)c1. The van der Waals surface area contributed by atoms with Gasteiger partial charge in [0, 0.05) is 12.6 Å². The van der Waals surface area contributed by atoms with Crippen LogP contribution in [0.5, 0.6) is 0 Å². The first-order valence-corrected chi connectivity index (χ1v) is 6.23. The zero-order chi connectivity index (χ0) is 14.5. The predicted octanol–water partition coefficient (Wildman–Crippen LogP) is 2.93. The number of carbonyl (C=O) groups excluding carboxylic acids is 1. The van der Waals surface area contributed by atoms with Crippen LogP contribution in [0, 0.1) is 0 Å². The Hall–Kier alpha value is -2.62. The maximum atomic E-state index is 11.0. The molecular weight excluding hydrogens is 254 g/mol. The minimum atomic E-state index is -0.927. The Kier molecular flexibility index (Phi) is 4.15. The van der Waals surface area contributed by atoms with Crippen molar-refractivity contribution < 1.29 is 14.7 Å². The third-order valence-corrected chi connectivity index (χ3v) is 2.86. The van der Waals surface area contributed by atoms with E-state index in [9.17, 15) is 9.59 Å². The Morgan fingerprint density at radius 3 is 2.35 bits per heavy atom. The molecule has 0 aliphatic carbocycles. The van der Waals surface area contributed by atoms with Gasteiger partial charge in [0.25, 0.3) is 0 Å². The van der Waals surface area contributed by atoms with Gasteiger partial charge in [0.15, 0.2) is 0 Å². The molecule has 1 amide bonds. The van der Waals surface area contributed by atoms with Gasteiger partial charge < -0.3 is 10.4 Å². The van der Waals surface area contributed by atoms with Crippen molar-refractivity contribution >= 4 is 17.6 Å². The summed E-state index contributed by atoms with van der Waals surface area (Å²) in [7, 11) is 0. The molecule has 0 heterocycles. The van der Waals surface area contributed by atoms with Gasteiger partial charge in [-0.05, 0) is 41.8 Å². The average Bonchev–Trinajstić information content (AvgIpc) is 2.39. The van der Waals surface area contributed by atoms with Crippen LogP contribution in [0.4, 0.5) is 5.69 Å². The molecule has 4 heteroatoms. The van der Waals surface area contributed by atoms with Crippen LogP contribution in [0.15, 0.2) is 48.5 Å². The van der Waals surface area contributed by atoms with Crippen LogP contribution in [0.25, 0.3) is 0 Å². The highest BCUT2D eigenvalue weighted by molar-refractivity contribution is 5.88. The molecule has 0 bridgehead atoms. The lowest BCUT2D eigenvalue weighted by molar-refractivity contribution is -0.114. The largest absolute Gasteiger partial charge is 0.478 e. The van der Waals surface area contributed by atoms with E-state index < -0.39 is 5.97 Å². The number of aromatic carboxylic acids is 1. The first kappa shape index (κ1) is 13.8. The summed E-state index contributed by atoms with van der Waals surface area (Å²) >= 11 is 0. The molecule has 0 radical (unpaired) electrons. The summed E-state index contributed by atoms with van der Waals surface area (Å²) in [5.74, 6) is -1.03. The molecule has 0 atom stereocenters. The zero-order valence-corrected chi connectivity index (χ0v) is 11.1. The fourth-order valence-electron chi connectivity index (χ4n) is 1.96. The Morgan fingerprint density at radius 1 is 1.05 bits per heavy atom. The zero-order valence-electron chi connectivity index (χ0n) is 11.1. The van der Waals surface area contributed by atoms with E-state index in [1.54, 1.807) is 24.3 Å². The number of carboxylic acid groups (broad SMARTS) is 1. The summed E-state index contributed by atoms with van der Waals surface area (Å²) in [6.45, 7) is 1.47. The summed E-state index contributed by atoms with van der Waals surface area (Å²) in [5.41, 5.74) is 3.12. The van der Waals surface area contributed by atoms with Crippen LogP contribution in [0.3, 0.4) is 0 Å². The smallest absolute Gasteiger partial charge is 0.335 e. The topological polar surface area (TPSA) is 66.4 Å². The monoisotopic (exact) mass is 269 g/mol. The van der Waals surface area contributed by atoms with Crippen LogP contribution in [-0.2, 0) is 11.2 Å². The van der Waals surface area contributed by atoms with Gasteiger partial charge in [0.2, 0.25) is 5.91 Å². The molecule has 4 nitrogen and oxygen atoms in total. The van der Waals surface area contributed by atoms with Crippen LogP contribution >= 0.6 is 0 Å². The van der Waals surface area contributed by atoms with Crippen molar-refractivity contribution in [2.45, 2.75) is 13.3 Å². The van der Waals surface area contributed by atoms with E-state index in [4.69, 9.17) is 5.11 Å². The van der Waals surface area contributed by atoms with Crippen molar-refractivity contribution in [1.82, 2.24) is 0 Å². The molecule has 2 aromatic rings. The molecule has 0 aliphatic rings. The predicted molar refractivity (Wildman–Crippen MR) is 77.0 cm³/mol. The number of benzene rings is 2. The van der Waals surface area contributed by atoms with Gasteiger partial charge in [-0.25, -0.2) is 4.79 Å². The summed E-state index contributed by atoms with van der Waals surface area (Å²) < 4.78 is 0. The summed E-state index contributed by atoms with van der Waals surface area (Å²) in [6.07, 6.45) is 0.688. The van der Waals surface area contributed by atoms with Crippen LogP contribution < -0.4 is 5.32 Å². The van der Waals surface area contributed by atoms with E-state index in [2.05, 4.69) is 5.32 Å². The fourth-order valence-corrected chi connectivity index (χ4v) is 1.96. The maximum absolute atomic E-state index is 11.0. The van der Waals surface area contributed by atoms with Crippen molar-refractivity contribution in [1.29, 1.82) is 0 Å². The van der Waals surface area contributed by atoms with Crippen LogP contribution in [0.1, 0.15) is 28.4 Å². The standard InChI is InChI=1S/C16H15NO3/c1-11(18)17-15-4-2-3-13(10-15)9-12-5-7-14(8-6-12)16(19)20/h2-8,10H,9H2,1H3,(H,17,18)(H,19,20). The van der Waals surface area contributed by atoms with Crippen LogP contribution in [0.2, 0.25) is 0 Å². The minimum absolute atomic E-state index is 0.104. The highest BCUT2D eigenvalue weighted by Gasteiger charge is 2.03. The number of hydrogen-bond acceptors (Lipinski definition) is 2. The number of carboxylic acids is 1. The molecule has 0 fully saturated rings. The lowest BCUT2D eigenvalue weighted by Gasteiger charge is -2.06. The van der Waals surface area contributed by atoms with E-state index >= 15 is 0 Å². The summed E-state index contributed by atoms with van der Waals surface area (Å²) in [6, 6.07) is 14.4. The quantitative estimate of drug-likeness (QED) is 0.896. The molecular formula is C16H15NO3. The maximum Gasteiger partial charge on any atom is 0.335 e. The van der Waals surface area contributed by atoms with E-state index in [0.717, 1.165) is 16.8 Å². The average molecular weight is 269 g/mol. The minimum Gasteiger partial charge on any atom is -0.478 e. The molecule has 0 spiro atoms. The highest BCUT2D eigenvalue weighted by atomic mass is 16.4. The number of hydrogen-bond donors (Lipinski definition) is 2. The van der Waals surface area contributed by atoms with Crippen molar-refractivity contribution in [2.24, 2.45) is 0 Å². The number of anilines is 1. The van der Waals surface area contributed by atoms with Gasteiger partial charge in [-0.15, -0.1) is 0 Å². The van der Waals surface area contributed by atoms with Gasteiger partial charge in [-0.1, -0.05) is 24.3 Å². The second kappa shape index (κ2) is 6.02. The third-order valence-electron chi connectivity index (χ3n) is 2.86. The molecule has 102 valence electrons. The Bertz CT molecular complexity index is 632. The fraction of sp³-hybridized carbons (Fsp3) is 0.125. The number of amides is 1. The molecule has 20 heavy (non-hydrogen) atoms. The molecule has 0 aromatic heterocycles. The van der Waals surface area contributed by atoms with Gasteiger partial charge in [0.05, 0.1) is 5.56 Å². The van der Waals surface area contributed by atoms with Gasteiger partial charge in [-0.2, -0.15) is 0 Å². The Balaban J connectivity index is 2.13. The van der Waals surface area contributed by atoms with Gasteiger partial charge in [0.1, 0.15) is 0 Å². The van der Waals surface area contributed by atoms with Gasteiger partial charge >= 0.3 is 5.97 Å². The highest BCUT2D eigenvalue weighted by Crippen LogP contribution is 2.15. The van der Waals surface area contributed by atoms with Crippen molar-refractivity contribution in [3.8, 4) is 0 Å². The second-order valence-corrected chi connectivity index (χ2v) is 4.56. The Labute approximate surface area is 117 Å². The van der Waals surface area contributed by atoms with Crippen molar-refractivity contribution in [3.05, 3.63) is 65.2 Å². The number of rotatable bonds is 4. The van der Waals surface area contributed by atoms with E-state index in [-0.39, 0.29) is 11.5 Å². The van der Waals surface area contributed by atoms with Crippen LogP contribution in [-0.4, -0.2) is 17.0 Å². The molecule has 2 aromatic carbocycles. The molecule has 0 aliphatic heterocycles. The van der Waals surface area contributed by atoms with E-state index in [1.165, 1.54) is 6.92 Å². The first-order valence-electron chi connectivity index (χ1n) is 6.23. The normalized spacial score (nSPS) is 10.1. The lowest BCUT2D eigenvalue weighted by atomic mass is 10.0. The molecule has 0 unspecified atom stereocenters. The van der Waals surface area contributed by atoms with E-state index in [0.29, 0.717) is 6.42 Å². The van der Waals surface area contributed by atoms with Gasteiger partial charge in [-0.3, -0.25) is 4.79 Å². The second-order valence-electron chi connectivity index (χ2n) is 4.56. The first-order chi connectivity index (χ1) is 9.54. The third kappa shape index (κ3) is 3.68. The summed E-state index contributed by atoms with van der Waals surface area (Å²) in [4.78, 5) is 21.8. The molecule has 0 saturated heterocycles. The van der Waals surface area contributed by atoms with Crippen molar-refractivity contribution in [2.75, 3.05) is 5.32 Å². The lowest BCUT2D eigenvalue weighted by Crippen LogP contribution is -2.05.